The van der Waals surface area contributed by atoms with Crippen molar-refractivity contribution >= 4 is 11.8 Å². The Hall–Kier alpha value is -0.550. The smallest absolute Gasteiger partial charge is 0.232 e. The maximum absolute atomic E-state index is 5.48. The Kier molecular flexibility index (Phi) is 2.91. The van der Waals surface area contributed by atoms with E-state index < -0.39 is 0 Å². The van der Waals surface area contributed by atoms with Crippen molar-refractivity contribution in [2.75, 3.05) is 18.1 Å². The maximum atomic E-state index is 5.48. The number of thioether (sulfide) groups is 1. The summed E-state index contributed by atoms with van der Waals surface area (Å²) >= 11 is 1.97. The molecule has 1 aromatic heterocycles. The highest BCUT2D eigenvalue weighted by atomic mass is 32.2. The summed E-state index contributed by atoms with van der Waals surface area (Å²) in [5.74, 6) is 4.39. The van der Waals surface area contributed by atoms with Gasteiger partial charge in [-0.3, -0.25) is 0 Å². The molecule has 4 nitrogen and oxygen atoms in total. The van der Waals surface area contributed by atoms with Crippen LogP contribution in [0, 0.1) is 0 Å². The van der Waals surface area contributed by atoms with Gasteiger partial charge < -0.3 is 9.84 Å². The second-order valence-corrected chi connectivity index (χ2v) is 6.40. The third kappa shape index (κ3) is 2.10. The number of aromatic nitrogens is 2. The third-order valence-electron chi connectivity index (χ3n) is 3.85. The van der Waals surface area contributed by atoms with Gasteiger partial charge in [0.25, 0.3) is 0 Å². The minimum atomic E-state index is 0.210. The third-order valence-corrected chi connectivity index (χ3v) is 5.04. The molecule has 3 rings (SSSR count). The Morgan fingerprint density at radius 2 is 2.29 bits per heavy atom. The van der Waals surface area contributed by atoms with Crippen LogP contribution in [0.4, 0.5) is 0 Å². The van der Waals surface area contributed by atoms with Crippen LogP contribution in [0.2, 0.25) is 0 Å². The van der Waals surface area contributed by atoms with Crippen molar-refractivity contribution in [3.63, 3.8) is 0 Å². The fourth-order valence-corrected chi connectivity index (χ4v) is 3.67. The Balaban J connectivity index is 1.76. The lowest BCUT2D eigenvalue weighted by atomic mass is 10.0. The zero-order chi connectivity index (χ0) is 11.9. The van der Waals surface area contributed by atoms with E-state index in [0.717, 1.165) is 29.8 Å². The van der Waals surface area contributed by atoms with Crippen molar-refractivity contribution in [3.8, 4) is 0 Å². The van der Waals surface area contributed by atoms with Gasteiger partial charge in [-0.05, 0) is 19.4 Å². The largest absolute Gasteiger partial charge is 0.339 e. The molecule has 2 atom stereocenters. The van der Waals surface area contributed by atoms with Crippen LogP contribution >= 0.6 is 11.8 Å². The maximum Gasteiger partial charge on any atom is 0.232 e. The summed E-state index contributed by atoms with van der Waals surface area (Å²) in [5, 5.41) is 7.67. The minimum Gasteiger partial charge on any atom is -0.339 e. The first-order chi connectivity index (χ1) is 8.23. The molecule has 0 aromatic carbocycles. The number of nitrogens with zero attached hydrogens (tertiary/aromatic N) is 2. The summed E-state index contributed by atoms with van der Waals surface area (Å²) in [5.41, 5.74) is 0.210. The van der Waals surface area contributed by atoms with Crippen molar-refractivity contribution in [3.05, 3.63) is 11.7 Å². The highest BCUT2D eigenvalue weighted by Gasteiger charge is 2.44. The van der Waals surface area contributed by atoms with E-state index in [1.54, 1.807) is 0 Å². The van der Waals surface area contributed by atoms with Crippen LogP contribution in [0.25, 0.3) is 0 Å². The summed E-state index contributed by atoms with van der Waals surface area (Å²) < 4.78 is 5.48. The van der Waals surface area contributed by atoms with Crippen LogP contribution in [0.15, 0.2) is 4.52 Å². The molecule has 2 aliphatic rings. The molecule has 2 heterocycles. The molecular formula is C12H19N3OS. The van der Waals surface area contributed by atoms with Gasteiger partial charge in [0, 0.05) is 23.0 Å². The summed E-state index contributed by atoms with van der Waals surface area (Å²) in [6, 6.07) is 0.491. The summed E-state index contributed by atoms with van der Waals surface area (Å²) in [6.45, 7) is 5.36. The summed E-state index contributed by atoms with van der Waals surface area (Å²) in [4.78, 5) is 4.63. The van der Waals surface area contributed by atoms with Crippen molar-refractivity contribution in [2.24, 2.45) is 0 Å². The molecule has 1 aliphatic carbocycles. The molecule has 94 valence electrons. The molecular weight excluding hydrogens is 234 g/mol. The Bertz CT molecular complexity index is 402. The number of nitrogens with one attached hydrogen (secondary N) is 1. The summed E-state index contributed by atoms with van der Waals surface area (Å²) in [7, 11) is 0. The van der Waals surface area contributed by atoms with Gasteiger partial charge in [0.05, 0.1) is 5.92 Å². The number of hydrogen-bond donors (Lipinski definition) is 1. The molecule has 1 saturated carbocycles. The minimum absolute atomic E-state index is 0.210. The van der Waals surface area contributed by atoms with Crippen LogP contribution in [-0.4, -0.2) is 34.2 Å². The van der Waals surface area contributed by atoms with Gasteiger partial charge in [-0.25, -0.2) is 0 Å². The van der Waals surface area contributed by atoms with E-state index in [-0.39, 0.29) is 5.41 Å². The number of hydrogen-bond acceptors (Lipinski definition) is 5. The van der Waals surface area contributed by atoms with Gasteiger partial charge in [-0.15, -0.1) is 0 Å². The second-order valence-electron chi connectivity index (χ2n) is 5.33. The van der Waals surface area contributed by atoms with E-state index in [2.05, 4.69) is 29.3 Å². The molecule has 5 heteroatoms. The predicted molar refractivity (Wildman–Crippen MR) is 68.4 cm³/mol. The molecule has 2 unspecified atom stereocenters. The van der Waals surface area contributed by atoms with Crippen LogP contribution in [0.5, 0.6) is 0 Å². The first-order valence-electron chi connectivity index (χ1n) is 6.38. The van der Waals surface area contributed by atoms with Crippen molar-refractivity contribution < 1.29 is 4.52 Å². The van der Waals surface area contributed by atoms with Gasteiger partial charge in [0.15, 0.2) is 5.82 Å². The molecule has 0 radical (unpaired) electrons. The van der Waals surface area contributed by atoms with Crippen LogP contribution in [0.3, 0.4) is 0 Å². The monoisotopic (exact) mass is 253 g/mol. The molecule has 1 saturated heterocycles. The van der Waals surface area contributed by atoms with Crippen LogP contribution in [0.1, 0.15) is 44.3 Å². The Morgan fingerprint density at radius 1 is 1.47 bits per heavy atom. The average Bonchev–Trinajstić information content (AvgIpc) is 2.79. The van der Waals surface area contributed by atoms with Gasteiger partial charge >= 0.3 is 0 Å². The Morgan fingerprint density at radius 3 is 3.00 bits per heavy atom. The highest BCUT2D eigenvalue weighted by Crippen LogP contribution is 2.46. The van der Waals surface area contributed by atoms with E-state index in [4.69, 9.17) is 4.52 Å². The average molecular weight is 253 g/mol. The standard InChI is InChI=1S/C12H19N3OS/c1-3-13-9-7-17-6-8(9)10-14-11(15-16-10)12(2)4-5-12/h8-9,13H,3-7H2,1-2H3. The molecule has 17 heavy (non-hydrogen) atoms. The lowest BCUT2D eigenvalue weighted by Crippen LogP contribution is -2.34. The summed E-state index contributed by atoms with van der Waals surface area (Å²) in [6.07, 6.45) is 2.39. The van der Waals surface area contributed by atoms with E-state index >= 15 is 0 Å². The molecule has 1 aromatic rings. The van der Waals surface area contributed by atoms with Crippen molar-refractivity contribution in [2.45, 2.75) is 44.1 Å². The van der Waals surface area contributed by atoms with Crippen molar-refractivity contribution in [1.82, 2.24) is 15.5 Å². The molecule has 0 bridgehead atoms. The first kappa shape index (κ1) is 11.5. The fraction of sp³-hybridized carbons (Fsp3) is 0.833. The highest BCUT2D eigenvalue weighted by molar-refractivity contribution is 7.99. The Labute approximate surface area is 106 Å². The zero-order valence-electron chi connectivity index (χ0n) is 10.4. The number of likely N-dealkylation sites (N-methyl/N-ethyl adjacent to an activating group) is 1. The normalized spacial score (nSPS) is 30.7. The number of rotatable bonds is 4. The molecule has 0 amide bonds. The molecule has 2 fully saturated rings. The quantitative estimate of drug-likeness (QED) is 0.888. The van der Waals surface area contributed by atoms with E-state index in [0.29, 0.717) is 12.0 Å². The van der Waals surface area contributed by atoms with Gasteiger partial charge in [-0.1, -0.05) is 19.0 Å². The van der Waals surface area contributed by atoms with Crippen LogP contribution in [-0.2, 0) is 5.41 Å². The molecule has 1 aliphatic heterocycles. The van der Waals surface area contributed by atoms with Gasteiger partial charge in [0.1, 0.15) is 0 Å². The van der Waals surface area contributed by atoms with Crippen LogP contribution < -0.4 is 5.32 Å². The molecule has 0 spiro atoms. The topological polar surface area (TPSA) is 51.0 Å². The second kappa shape index (κ2) is 4.28. The SMILES string of the molecule is CCNC1CSCC1c1nc(C2(C)CC2)no1. The lowest BCUT2D eigenvalue weighted by Gasteiger charge is -2.15. The van der Waals surface area contributed by atoms with E-state index in [1.807, 2.05) is 11.8 Å². The zero-order valence-corrected chi connectivity index (χ0v) is 11.2. The predicted octanol–water partition coefficient (Wildman–Crippen LogP) is 1.93. The van der Waals surface area contributed by atoms with Crippen molar-refractivity contribution in [1.29, 1.82) is 0 Å². The first-order valence-corrected chi connectivity index (χ1v) is 7.53. The van der Waals surface area contributed by atoms with E-state index in [9.17, 15) is 0 Å². The van der Waals surface area contributed by atoms with E-state index in [1.165, 1.54) is 12.8 Å². The van der Waals surface area contributed by atoms with Gasteiger partial charge in [-0.2, -0.15) is 16.7 Å². The van der Waals surface area contributed by atoms with Gasteiger partial charge in [0.2, 0.25) is 5.89 Å². The molecule has 1 N–H and O–H groups in total. The lowest BCUT2D eigenvalue weighted by molar-refractivity contribution is 0.335. The fourth-order valence-electron chi connectivity index (χ4n) is 2.30.